The maximum atomic E-state index is 13.8. The van der Waals surface area contributed by atoms with Gasteiger partial charge in [-0.25, -0.2) is 4.39 Å². The highest BCUT2D eigenvalue weighted by molar-refractivity contribution is 5.32. The summed E-state index contributed by atoms with van der Waals surface area (Å²) in [5.41, 5.74) is 1.09. The van der Waals surface area contributed by atoms with Crippen molar-refractivity contribution in [1.29, 1.82) is 5.26 Å². The Morgan fingerprint density at radius 2 is 2.33 bits per heavy atom. The van der Waals surface area contributed by atoms with Gasteiger partial charge in [0.05, 0.1) is 11.6 Å². The van der Waals surface area contributed by atoms with E-state index < -0.39 is 0 Å². The topological polar surface area (TPSA) is 27.0 Å². The molecule has 1 aliphatic rings. The smallest absolute Gasteiger partial charge is 0.129 e. The number of hydrogen-bond donors (Lipinski definition) is 0. The number of rotatable bonds is 3. The van der Waals surface area contributed by atoms with Crippen LogP contribution >= 0.6 is 0 Å². The molecule has 0 bridgehead atoms. The predicted molar refractivity (Wildman–Crippen MR) is 69.4 cm³/mol. The average molecular weight is 246 g/mol. The van der Waals surface area contributed by atoms with Crippen molar-refractivity contribution in [3.63, 3.8) is 0 Å². The molecule has 1 unspecified atom stereocenters. The summed E-state index contributed by atoms with van der Waals surface area (Å²) in [5.74, 6) is 0.493. The van der Waals surface area contributed by atoms with E-state index in [2.05, 4.69) is 11.8 Å². The number of likely N-dealkylation sites (tertiary alicyclic amines) is 1. The van der Waals surface area contributed by atoms with Crippen LogP contribution in [0.4, 0.5) is 4.39 Å². The van der Waals surface area contributed by atoms with E-state index >= 15 is 0 Å². The van der Waals surface area contributed by atoms with Gasteiger partial charge in [-0.15, -0.1) is 0 Å². The van der Waals surface area contributed by atoms with Gasteiger partial charge >= 0.3 is 0 Å². The summed E-state index contributed by atoms with van der Waals surface area (Å²) in [6.07, 6.45) is 3.70. The number of piperidine rings is 1. The maximum Gasteiger partial charge on any atom is 0.129 e. The minimum absolute atomic E-state index is 0.257. The van der Waals surface area contributed by atoms with E-state index in [0.29, 0.717) is 17.7 Å². The summed E-state index contributed by atoms with van der Waals surface area (Å²) in [6.45, 7) is 5.00. The summed E-state index contributed by atoms with van der Waals surface area (Å²) in [4.78, 5) is 2.32. The third kappa shape index (κ3) is 3.08. The van der Waals surface area contributed by atoms with Crippen molar-refractivity contribution in [2.75, 3.05) is 13.1 Å². The predicted octanol–water partition coefficient (Wildman–Crippen LogP) is 3.32. The number of nitrogens with zero attached hydrogens (tertiary/aromatic N) is 2. The van der Waals surface area contributed by atoms with Gasteiger partial charge in [0.2, 0.25) is 0 Å². The first-order chi connectivity index (χ1) is 8.72. The molecule has 1 aromatic rings. The Hall–Kier alpha value is -1.40. The molecule has 1 saturated heterocycles. The summed E-state index contributed by atoms with van der Waals surface area (Å²) < 4.78 is 13.8. The number of benzene rings is 1. The largest absolute Gasteiger partial charge is 0.299 e. The lowest BCUT2D eigenvalue weighted by atomic mass is 9.95. The van der Waals surface area contributed by atoms with Crippen LogP contribution in [0.2, 0.25) is 0 Å². The lowest BCUT2D eigenvalue weighted by Gasteiger charge is -2.32. The molecule has 1 atom stereocenters. The molecule has 3 heteroatoms. The molecule has 1 heterocycles. The minimum Gasteiger partial charge on any atom is -0.299 e. The van der Waals surface area contributed by atoms with E-state index in [1.165, 1.54) is 25.3 Å². The van der Waals surface area contributed by atoms with Crippen LogP contribution in [0.5, 0.6) is 0 Å². The summed E-state index contributed by atoms with van der Waals surface area (Å²) in [6, 6.07) is 6.72. The molecule has 0 radical (unpaired) electrons. The molecule has 0 aliphatic carbocycles. The van der Waals surface area contributed by atoms with Gasteiger partial charge in [0.15, 0.2) is 0 Å². The summed E-state index contributed by atoms with van der Waals surface area (Å²) >= 11 is 0. The molecule has 0 amide bonds. The van der Waals surface area contributed by atoms with Gasteiger partial charge in [0.1, 0.15) is 5.82 Å². The van der Waals surface area contributed by atoms with Crippen molar-refractivity contribution >= 4 is 0 Å². The van der Waals surface area contributed by atoms with Gasteiger partial charge in [0, 0.05) is 18.7 Å². The molecule has 0 N–H and O–H groups in total. The highest BCUT2D eigenvalue weighted by Gasteiger charge is 2.19. The van der Waals surface area contributed by atoms with E-state index in [-0.39, 0.29) is 5.82 Å². The standard InChI is InChI=1S/C15H19FN2/c1-2-12-4-3-7-18(10-12)11-14-6-5-13(9-17)8-15(14)16/h5-6,8,12H,2-4,7,10-11H2,1H3. The average Bonchev–Trinajstić information content (AvgIpc) is 2.41. The number of hydrogen-bond acceptors (Lipinski definition) is 2. The third-order valence-electron chi connectivity index (χ3n) is 3.76. The molecular weight excluding hydrogens is 227 g/mol. The second-order valence-electron chi connectivity index (χ2n) is 5.07. The zero-order chi connectivity index (χ0) is 13.0. The van der Waals surface area contributed by atoms with E-state index in [0.717, 1.165) is 19.0 Å². The van der Waals surface area contributed by atoms with Gasteiger partial charge in [-0.2, -0.15) is 5.26 Å². The van der Waals surface area contributed by atoms with E-state index in [9.17, 15) is 4.39 Å². The van der Waals surface area contributed by atoms with Crippen molar-refractivity contribution < 1.29 is 4.39 Å². The SMILES string of the molecule is CCC1CCCN(Cc2ccc(C#N)cc2F)C1. The van der Waals surface area contributed by atoms with Crippen LogP contribution in [-0.4, -0.2) is 18.0 Å². The van der Waals surface area contributed by atoms with E-state index in [1.54, 1.807) is 12.1 Å². The Labute approximate surface area is 108 Å². The molecule has 0 spiro atoms. The Balaban J connectivity index is 2.03. The lowest BCUT2D eigenvalue weighted by molar-refractivity contribution is 0.163. The molecule has 0 aromatic heterocycles. The van der Waals surface area contributed by atoms with Crippen LogP contribution in [0.3, 0.4) is 0 Å². The summed E-state index contributed by atoms with van der Waals surface area (Å²) in [7, 11) is 0. The lowest BCUT2D eigenvalue weighted by Crippen LogP contribution is -2.34. The first kappa shape index (κ1) is 13.0. The van der Waals surface area contributed by atoms with Crippen molar-refractivity contribution in [2.24, 2.45) is 5.92 Å². The summed E-state index contributed by atoms with van der Waals surface area (Å²) in [5, 5.41) is 8.71. The molecule has 1 aromatic carbocycles. The Morgan fingerprint density at radius 3 is 3.00 bits per heavy atom. The Bertz CT molecular complexity index is 450. The maximum absolute atomic E-state index is 13.8. The van der Waals surface area contributed by atoms with Crippen molar-refractivity contribution in [3.8, 4) is 6.07 Å². The van der Waals surface area contributed by atoms with Crippen LogP contribution in [0.1, 0.15) is 37.3 Å². The zero-order valence-corrected chi connectivity index (χ0v) is 10.8. The second kappa shape index (κ2) is 5.97. The molecule has 96 valence electrons. The fraction of sp³-hybridized carbons (Fsp3) is 0.533. The fourth-order valence-corrected chi connectivity index (χ4v) is 2.61. The van der Waals surface area contributed by atoms with Crippen LogP contribution < -0.4 is 0 Å². The quantitative estimate of drug-likeness (QED) is 0.818. The Kier molecular flexibility index (Phi) is 4.33. The van der Waals surface area contributed by atoms with Gasteiger partial charge in [-0.3, -0.25) is 4.90 Å². The van der Waals surface area contributed by atoms with Crippen LogP contribution in [0.25, 0.3) is 0 Å². The molecule has 18 heavy (non-hydrogen) atoms. The number of nitriles is 1. The third-order valence-corrected chi connectivity index (χ3v) is 3.76. The number of halogens is 1. The van der Waals surface area contributed by atoms with Crippen molar-refractivity contribution in [2.45, 2.75) is 32.7 Å². The van der Waals surface area contributed by atoms with Gasteiger partial charge in [-0.05, 0) is 37.4 Å². The first-order valence-electron chi connectivity index (χ1n) is 6.63. The first-order valence-corrected chi connectivity index (χ1v) is 6.63. The van der Waals surface area contributed by atoms with Gasteiger partial charge in [0.25, 0.3) is 0 Å². The monoisotopic (exact) mass is 246 g/mol. The molecule has 2 rings (SSSR count). The van der Waals surface area contributed by atoms with Crippen LogP contribution in [0, 0.1) is 23.1 Å². The molecule has 1 fully saturated rings. The fourth-order valence-electron chi connectivity index (χ4n) is 2.61. The van der Waals surface area contributed by atoms with Gasteiger partial charge in [-0.1, -0.05) is 19.4 Å². The minimum atomic E-state index is -0.257. The Morgan fingerprint density at radius 1 is 1.50 bits per heavy atom. The van der Waals surface area contributed by atoms with Crippen LogP contribution in [-0.2, 0) is 6.54 Å². The van der Waals surface area contributed by atoms with E-state index in [4.69, 9.17) is 5.26 Å². The van der Waals surface area contributed by atoms with Crippen molar-refractivity contribution in [3.05, 3.63) is 35.1 Å². The highest BCUT2D eigenvalue weighted by atomic mass is 19.1. The normalized spacial score (nSPS) is 20.6. The molecular formula is C15H19FN2. The van der Waals surface area contributed by atoms with Crippen molar-refractivity contribution in [1.82, 2.24) is 4.90 Å². The molecule has 1 aliphatic heterocycles. The second-order valence-corrected chi connectivity index (χ2v) is 5.07. The zero-order valence-electron chi connectivity index (χ0n) is 10.8. The van der Waals surface area contributed by atoms with Crippen LogP contribution in [0.15, 0.2) is 18.2 Å². The van der Waals surface area contributed by atoms with Gasteiger partial charge < -0.3 is 0 Å². The molecule has 0 saturated carbocycles. The highest BCUT2D eigenvalue weighted by Crippen LogP contribution is 2.21. The van der Waals surface area contributed by atoms with E-state index in [1.807, 2.05) is 6.07 Å². The molecule has 2 nitrogen and oxygen atoms in total.